The molecule has 0 bridgehead atoms. The first-order chi connectivity index (χ1) is 17.0. The first-order valence-electron chi connectivity index (χ1n) is 12.0. The van der Waals surface area contributed by atoms with Crippen molar-refractivity contribution >= 4 is 23.4 Å². The Morgan fingerprint density at radius 1 is 1.00 bits per heavy atom. The van der Waals surface area contributed by atoms with Gasteiger partial charge in [-0.15, -0.1) is 0 Å². The predicted octanol–water partition coefficient (Wildman–Crippen LogP) is 5.13. The van der Waals surface area contributed by atoms with Crippen LogP contribution in [0, 0.1) is 6.92 Å². The summed E-state index contributed by atoms with van der Waals surface area (Å²) in [6.07, 6.45) is 2.44. The molecule has 1 aliphatic heterocycles. The highest BCUT2D eigenvalue weighted by molar-refractivity contribution is 6.33. The number of nitrogens with zero attached hydrogens (tertiary/aromatic N) is 2. The number of rotatable bonds is 10. The van der Waals surface area contributed by atoms with E-state index in [9.17, 15) is 9.59 Å². The molecule has 1 fully saturated rings. The molecule has 0 unspecified atom stereocenters. The second kappa shape index (κ2) is 12.0. The molecule has 1 atom stereocenters. The van der Waals surface area contributed by atoms with Crippen LogP contribution >= 0.6 is 11.6 Å². The Balaban J connectivity index is 1.52. The zero-order valence-electron chi connectivity index (χ0n) is 20.0. The number of aryl methyl sites for hydroxylation is 1. The van der Waals surface area contributed by atoms with E-state index in [-0.39, 0.29) is 24.5 Å². The van der Waals surface area contributed by atoms with Crippen molar-refractivity contribution in [1.82, 2.24) is 9.80 Å². The van der Waals surface area contributed by atoms with Gasteiger partial charge < -0.3 is 19.0 Å². The van der Waals surface area contributed by atoms with Crippen molar-refractivity contribution in [2.75, 3.05) is 26.2 Å². The molecular formula is C28H31ClN2O4. The van der Waals surface area contributed by atoms with Gasteiger partial charge in [0.15, 0.2) is 0 Å². The van der Waals surface area contributed by atoms with E-state index in [1.54, 1.807) is 34.1 Å². The smallest absolute Gasteiger partial charge is 0.255 e. The van der Waals surface area contributed by atoms with Gasteiger partial charge in [-0.05, 0) is 56.0 Å². The number of benzene rings is 2. The molecule has 1 aromatic heterocycles. The van der Waals surface area contributed by atoms with Crippen LogP contribution in [-0.4, -0.2) is 54.0 Å². The molecule has 2 heterocycles. The quantitative estimate of drug-likeness (QED) is 0.392. The lowest BCUT2D eigenvalue weighted by molar-refractivity contribution is -0.133. The van der Waals surface area contributed by atoms with Gasteiger partial charge in [0.05, 0.1) is 23.2 Å². The van der Waals surface area contributed by atoms with Gasteiger partial charge >= 0.3 is 0 Å². The number of amides is 2. The van der Waals surface area contributed by atoms with E-state index in [0.717, 1.165) is 24.2 Å². The van der Waals surface area contributed by atoms with Crippen LogP contribution in [0.25, 0.3) is 0 Å². The first-order valence-corrected chi connectivity index (χ1v) is 12.4. The molecule has 0 aliphatic carbocycles. The van der Waals surface area contributed by atoms with Crippen LogP contribution < -0.4 is 0 Å². The number of hydrogen-bond acceptors (Lipinski definition) is 4. The van der Waals surface area contributed by atoms with E-state index in [1.807, 2.05) is 49.4 Å². The van der Waals surface area contributed by atoms with Gasteiger partial charge in [-0.1, -0.05) is 54.1 Å². The minimum Gasteiger partial charge on any atom is -0.464 e. The molecule has 1 aliphatic rings. The molecular weight excluding hydrogens is 464 g/mol. The van der Waals surface area contributed by atoms with Crippen LogP contribution in [0.1, 0.15) is 40.3 Å². The summed E-state index contributed by atoms with van der Waals surface area (Å²) in [5.74, 6) is 1.10. The summed E-state index contributed by atoms with van der Waals surface area (Å²) in [6, 6.07) is 20.8. The van der Waals surface area contributed by atoms with Crippen LogP contribution in [0.3, 0.4) is 0 Å². The fourth-order valence-electron chi connectivity index (χ4n) is 4.28. The highest BCUT2D eigenvalue weighted by Crippen LogP contribution is 2.20. The van der Waals surface area contributed by atoms with Crippen LogP contribution in [0.15, 0.2) is 71.1 Å². The van der Waals surface area contributed by atoms with Crippen molar-refractivity contribution in [2.24, 2.45) is 0 Å². The highest BCUT2D eigenvalue weighted by Gasteiger charge is 2.28. The van der Waals surface area contributed by atoms with Gasteiger partial charge in [-0.3, -0.25) is 9.59 Å². The number of ether oxygens (including phenoxy) is 1. The average molecular weight is 495 g/mol. The summed E-state index contributed by atoms with van der Waals surface area (Å²) in [7, 11) is 0. The standard InChI is InChI=1S/C28H31ClN2O4/c1-21-13-14-24(35-21)19-30(16-15-22-8-3-2-4-9-22)27(32)20-31(18-23-10-7-17-34-23)28(33)25-11-5-6-12-26(25)29/h2-6,8-9,11-14,23H,7,10,15-20H2,1H3/t23-/m1/s1. The van der Waals surface area contributed by atoms with E-state index in [0.29, 0.717) is 49.0 Å². The first kappa shape index (κ1) is 25.0. The number of halogens is 1. The Bertz CT molecular complexity index is 1120. The maximum Gasteiger partial charge on any atom is 0.255 e. The van der Waals surface area contributed by atoms with Crippen LogP contribution in [0.2, 0.25) is 5.02 Å². The molecule has 2 amide bonds. The lowest BCUT2D eigenvalue weighted by atomic mass is 10.1. The summed E-state index contributed by atoms with van der Waals surface area (Å²) in [5.41, 5.74) is 1.53. The summed E-state index contributed by atoms with van der Waals surface area (Å²) in [6.45, 7) is 3.70. The Hall–Kier alpha value is -3.09. The normalized spacial score (nSPS) is 15.2. The molecule has 4 rings (SSSR count). The zero-order valence-corrected chi connectivity index (χ0v) is 20.7. The fourth-order valence-corrected chi connectivity index (χ4v) is 4.50. The second-order valence-corrected chi connectivity index (χ2v) is 9.27. The Morgan fingerprint density at radius 2 is 1.77 bits per heavy atom. The third kappa shape index (κ3) is 6.96. The Labute approximate surface area is 211 Å². The van der Waals surface area contributed by atoms with E-state index < -0.39 is 0 Å². The lowest BCUT2D eigenvalue weighted by Gasteiger charge is -2.29. The SMILES string of the molecule is Cc1ccc(CN(CCc2ccccc2)C(=O)CN(C[C@H]2CCCO2)C(=O)c2ccccc2Cl)o1. The van der Waals surface area contributed by atoms with E-state index >= 15 is 0 Å². The van der Waals surface area contributed by atoms with Crippen molar-refractivity contribution in [3.8, 4) is 0 Å². The van der Waals surface area contributed by atoms with Gasteiger partial charge in [0, 0.05) is 19.7 Å². The molecule has 7 heteroatoms. The third-order valence-corrected chi connectivity index (χ3v) is 6.50. The molecule has 6 nitrogen and oxygen atoms in total. The zero-order chi connectivity index (χ0) is 24.6. The molecule has 35 heavy (non-hydrogen) atoms. The van der Waals surface area contributed by atoms with Gasteiger partial charge in [0.25, 0.3) is 5.91 Å². The minimum absolute atomic E-state index is 0.0571. The highest BCUT2D eigenvalue weighted by atomic mass is 35.5. The number of furan rings is 1. The molecule has 2 aromatic carbocycles. The second-order valence-electron chi connectivity index (χ2n) is 8.86. The maximum absolute atomic E-state index is 13.6. The van der Waals surface area contributed by atoms with Crippen molar-refractivity contribution in [2.45, 2.75) is 38.8 Å². The fraction of sp³-hybridized carbons (Fsp3) is 0.357. The van der Waals surface area contributed by atoms with Crippen LogP contribution in [0.4, 0.5) is 0 Å². The Morgan fingerprint density at radius 3 is 2.46 bits per heavy atom. The molecule has 3 aromatic rings. The van der Waals surface area contributed by atoms with Gasteiger partial charge in [0.2, 0.25) is 5.91 Å². The van der Waals surface area contributed by atoms with Crippen molar-refractivity contribution < 1.29 is 18.7 Å². The number of carbonyl (C=O) groups is 2. The molecule has 0 N–H and O–H groups in total. The van der Waals surface area contributed by atoms with Crippen LogP contribution in [0.5, 0.6) is 0 Å². The number of carbonyl (C=O) groups excluding carboxylic acids is 2. The largest absolute Gasteiger partial charge is 0.464 e. The van der Waals surface area contributed by atoms with E-state index in [1.165, 1.54) is 0 Å². The lowest BCUT2D eigenvalue weighted by Crippen LogP contribution is -2.46. The predicted molar refractivity (Wildman–Crippen MR) is 135 cm³/mol. The van der Waals surface area contributed by atoms with Crippen molar-refractivity contribution in [3.05, 3.63) is 94.4 Å². The van der Waals surface area contributed by atoms with Gasteiger partial charge in [0.1, 0.15) is 18.1 Å². The molecule has 0 saturated carbocycles. The molecule has 0 radical (unpaired) electrons. The van der Waals surface area contributed by atoms with Crippen molar-refractivity contribution in [3.63, 3.8) is 0 Å². The minimum atomic E-state index is -0.267. The monoisotopic (exact) mass is 494 g/mol. The topological polar surface area (TPSA) is 63.0 Å². The molecule has 0 spiro atoms. The summed E-state index contributed by atoms with van der Waals surface area (Å²) in [5, 5.41) is 0.370. The average Bonchev–Trinajstić information content (AvgIpc) is 3.53. The summed E-state index contributed by atoms with van der Waals surface area (Å²) >= 11 is 6.32. The molecule has 1 saturated heterocycles. The maximum atomic E-state index is 13.6. The van der Waals surface area contributed by atoms with Crippen LogP contribution in [-0.2, 0) is 22.5 Å². The third-order valence-electron chi connectivity index (χ3n) is 6.17. The van der Waals surface area contributed by atoms with E-state index in [4.69, 9.17) is 20.8 Å². The van der Waals surface area contributed by atoms with Gasteiger partial charge in [-0.25, -0.2) is 0 Å². The van der Waals surface area contributed by atoms with Gasteiger partial charge in [-0.2, -0.15) is 0 Å². The Kier molecular flexibility index (Phi) is 8.61. The van der Waals surface area contributed by atoms with Crippen molar-refractivity contribution in [1.29, 1.82) is 0 Å². The van der Waals surface area contributed by atoms with E-state index in [2.05, 4.69) is 0 Å². The summed E-state index contributed by atoms with van der Waals surface area (Å²) < 4.78 is 11.5. The summed E-state index contributed by atoms with van der Waals surface area (Å²) in [4.78, 5) is 30.4. The number of hydrogen-bond donors (Lipinski definition) is 0. The molecule has 184 valence electrons.